The van der Waals surface area contributed by atoms with Crippen LogP contribution < -0.4 is 0 Å². The molecule has 0 unspecified atom stereocenters. The number of thiophene rings is 1. The molecule has 0 radical (unpaired) electrons. The van der Waals surface area contributed by atoms with Crippen LogP contribution in [0.2, 0.25) is 10.2 Å². The van der Waals surface area contributed by atoms with Crippen molar-refractivity contribution in [2.75, 3.05) is 0 Å². The largest absolute Gasteiger partial charge is 0.226 e. The molecule has 0 spiro atoms. The first-order chi connectivity index (χ1) is 9.45. The SMILES string of the molecule is Cc1cc(Cl)c2nc(-c3cc(Br)sc3Br)nc(Cl)c2c1. The van der Waals surface area contributed by atoms with Crippen molar-refractivity contribution in [2.24, 2.45) is 0 Å². The summed E-state index contributed by atoms with van der Waals surface area (Å²) in [7, 11) is 0. The van der Waals surface area contributed by atoms with Gasteiger partial charge in [0.05, 0.1) is 18.1 Å². The third-order valence-corrected chi connectivity index (χ3v) is 5.66. The molecular weight excluding hydrogens is 447 g/mol. The Kier molecular flexibility index (Phi) is 4.08. The van der Waals surface area contributed by atoms with Crippen molar-refractivity contribution in [3.8, 4) is 11.4 Å². The van der Waals surface area contributed by atoms with Gasteiger partial charge in [-0.2, -0.15) is 0 Å². The van der Waals surface area contributed by atoms with Crippen molar-refractivity contribution >= 4 is 77.3 Å². The molecule has 0 N–H and O–H groups in total. The third kappa shape index (κ3) is 2.62. The van der Waals surface area contributed by atoms with E-state index in [0.717, 1.165) is 24.1 Å². The number of fused-ring (bicyclic) bond motifs is 1. The van der Waals surface area contributed by atoms with E-state index >= 15 is 0 Å². The smallest absolute Gasteiger partial charge is 0.163 e. The Morgan fingerprint density at radius 2 is 1.85 bits per heavy atom. The van der Waals surface area contributed by atoms with Gasteiger partial charge in [0.25, 0.3) is 0 Å². The Balaban J connectivity index is 2.32. The summed E-state index contributed by atoms with van der Waals surface area (Å²) in [5.74, 6) is 0.557. The fraction of sp³-hybridized carbons (Fsp3) is 0.0769. The van der Waals surface area contributed by atoms with Crippen LogP contribution in [0.25, 0.3) is 22.3 Å². The number of nitrogens with zero attached hydrogens (tertiary/aromatic N) is 2. The summed E-state index contributed by atoms with van der Waals surface area (Å²) < 4.78 is 1.94. The van der Waals surface area contributed by atoms with Crippen LogP contribution in [0.4, 0.5) is 0 Å². The van der Waals surface area contributed by atoms with Gasteiger partial charge in [-0.15, -0.1) is 11.3 Å². The number of halogens is 4. The highest BCUT2D eigenvalue weighted by Crippen LogP contribution is 2.39. The van der Waals surface area contributed by atoms with E-state index in [1.54, 1.807) is 11.3 Å². The lowest BCUT2D eigenvalue weighted by Gasteiger charge is -2.06. The number of hydrogen-bond donors (Lipinski definition) is 0. The van der Waals surface area contributed by atoms with Crippen molar-refractivity contribution < 1.29 is 0 Å². The molecule has 0 amide bonds. The number of hydrogen-bond acceptors (Lipinski definition) is 3. The van der Waals surface area contributed by atoms with Crippen molar-refractivity contribution in [3.63, 3.8) is 0 Å². The van der Waals surface area contributed by atoms with Crippen molar-refractivity contribution in [3.05, 3.63) is 41.5 Å². The van der Waals surface area contributed by atoms with Gasteiger partial charge in [-0.3, -0.25) is 0 Å². The summed E-state index contributed by atoms with van der Waals surface area (Å²) in [5, 5.41) is 1.76. The Hall–Kier alpha value is -0.200. The molecular formula is C13H6Br2Cl2N2S. The Bertz CT molecular complexity index is 833. The van der Waals surface area contributed by atoms with E-state index in [-0.39, 0.29) is 0 Å². The first kappa shape index (κ1) is 14.7. The molecule has 2 aromatic heterocycles. The van der Waals surface area contributed by atoms with E-state index in [4.69, 9.17) is 23.2 Å². The Labute approximate surface area is 146 Å². The normalized spacial score (nSPS) is 11.2. The van der Waals surface area contributed by atoms with Crippen LogP contribution >= 0.6 is 66.4 Å². The zero-order valence-electron chi connectivity index (χ0n) is 10.0. The van der Waals surface area contributed by atoms with Gasteiger partial charge in [0, 0.05) is 10.9 Å². The molecule has 0 saturated carbocycles. The fourth-order valence-corrected chi connectivity index (χ4v) is 5.23. The molecule has 7 heteroatoms. The van der Waals surface area contributed by atoms with E-state index in [2.05, 4.69) is 41.8 Å². The quantitative estimate of drug-likeness (QED) is 0.394. The maximum atomic E-state index is 6.28. The molecule has 0 bridgehead atoms. The van der Waals surface area contributed by atoms with Crippen molar-refractivity contribution in [2.45, 2.75) is 6.92 Å². The molecule has 102 valence electrons. The molecule has 0 aliphatic rings. The zero-order chi connectivity index (χ0) is 14.4. The summed E-state index contributed by atoms with van der Waals surface area (Å²) in [6, 6.07) is 5.76. The monoisotopic (exact) mass is 450 g/mol. The average Bonchev–Trinajstić information content (AvgIpc) is 2.69. The van der Waals surface area contributed by atoms with Crippen molar-refractivity contribution in [1.82, 2.24) is 9.97 Å². The van der Waals surface area contributed by atoms with Crippen LogP contribution in [0.5, 0.6) is 0 Å². The summed E-state index contributed by atoms with van der Waals surface area (Å²) in [6.07, 6.45) is 0. The molecule has 2 nitrogen and oxygen atoms in total. The van der Waals surface area contributed by atoms with Gasteiger partial charge >= 0.3 is 0 Å². The third-order valence-electron chi connectivity index (χ3n) is 2.75. The minimum atomic E-state index is 0.407. The highest BCUT2D eigenvalue weighted by atomic mass is 79.9. The first-order valence-corrected chi connectivity index (χ1v) is 8.70. The first-order valence-electron chi connectivity index (χ1n) is 5.54. The maximum Gasteiger partial charge on any atom is 0.163 e. The standard InChI is InChI=1S/C13H6Br2Cl2N2S/c1-5-2-6-10(8(16)3-5)18-13(19-12(6)17)7-4-9(14)20-11(7)15/h2-4H,1H3. The predicted octanol–water partition coefficient (Wildman–Crippen LogP) is 6.50. The lowest BCUT2D eigenvalue weighted by Crippen LogP contribution is -1.92. The van der Waals surface area contributed by atoms with Gasteiger partial charge in [-0.05, 0) is 62.5 Å². The Morgan fingerprint density at radius 3 is 2.50 bits per heavy atom. The summed E-state index contributed by atoms with van der Waals surface area (Å²) >= 11 is 21.1. The van der Waals surface area contributed by atoms with E-state index in [0.29, 0.717) is 21.5 Å². The van der Waals surface area contributed by atoms with Crippen LogP contribution in [0.3, 0.4) is 0 Å². The van der Waals surface area contributed by atoms with Gasteiger partial charge in [0.2, 0.25) is 0 Å². The number of rotatable bonds is 1. The van der Waals surface area contributed by atoms with E-state index < -0.39 is 0 Å². The molecule has 2 heterocycles. The topological polar surface area (TPSA) is 25.8 Å². The molecule has 0 saturated heterocycles. The van der Waals surface area contributed by atoms with E-state index in [1.165, 1.54) is 0 Å². The lowest BCUT2D eigenvalue weighted by molar-refractivity contribution is 1.23. The molecule has 3 rings (SSSR count). The number of aryl methyl sites for hydroxylation is 1. The highest BCUT2D eigenvalue weighted by Gasteiger charge is 2.15. The van der Waals surface area contributed by atoms with Gasteiger partial charge in [-0.1, -0.05) is 23.2 Å². The van der Waals surface area contributed by atoms with Crippen LogP contribution in [0.15, 0.2) is 25.8 Å². The van der Waals surface area contributed by atoms with Gasteiger partial charge in [0.1, 0.15) is 5.15 Å². The van der Waals surface area contributed by atoms with Crippen LogP contribution in [-0.2, 0) is 0 Å². The second-order valence-corrected chi connectivity index (χ2v) is 8.73. The summed E-state index contributed by atoms with van der Waals surface area (Å²) in [5.41, 5.74) is 2.59. The number of aromatic nitrogens is 2. The van der Waals surface area contributed by atoms with Gasteiger partial charge in [0.15, 0.2) is 5.82 Å². The predicted molar refractivity (Wildman–Crippen MR) is 93.0 cm³/mol. The summed E-state index contributed by atoms with van der Waals surface area (Å²) in [6.45, 7) is 1.96. The molecule has 0 aliphatic carbocycles. The molecule has 0 atom stereocenters. The number of benzene rings is 1. The molecule has 1 aromatic carbocycles. The molecule has 20 heavy (non-hydrogen) atoms. The van der Waals surface area contributed by atoms with Gasteiger partial charge < -0.3 is 0 Å². The van der Waals surface area contributed by atoms with E-state index in [9.17, 15) is 0 Å². The fourth-order valence-electron chi connectivity index (χ4n) is 1.90. The van der Waals surface area contributed by atoms with Crippen LogP contribution in [-0.4, -0.2) is 9.97 Å². The second-order valence-electron chi connectivity index (χ2n) is 4.22. The molecule has 3 aromatic rings. The second kappa shape index (κ2) is 5.54. The zero-order valence-corrected chi connectivity index (χ0v) is 15.5. The Morgan fingerprint density at radius 1 is 1.10 bits per heavy atom. The summed E-state index contributed by atoms with van der Waals surface area (Å²) in [4.78, 5) is 8.93. The molecule has 0 aliphatic heterocycles. The molecule has 0 fully saturated rings. The lowest BCUT2D eigenvalue weighted by atomic mass is 10.1. The van der Waals surface area contributed by atoms with Gasteiger partial charge in [-0.25, -0.2) is 9.97 Å². The van der Waals surface area contributed by atoms with Crippen LogP contribution in [0.1, 0.15) is 5.56 Å². The minimum absolute atomic E-state index is 0.407. The van der Waals surface area contributed by atoms with E-state index in [1.807, 2.05) is 25.1 Å². The maximum absolute atomic E-state index is 6.28. The van der Waals surface area contributed by atoms with Crippen LogP contribution in [0, 0.1) is 6.92 Å². The average molecular weight is 453 g/mol. The van der Waals surface area contributed by atoms with Crippen molar-refractivity contribution in [1.29, 1.82) is 0 Å². The minimum Gasteiger partial charge on any atom is -0.226 e. The highest BCUT2D eigenvalue weighted by molar-refractivity contribution is 9.12.